The summed E-state index contributed by atoms with van der Waals surface area (Å²) < 4.78 is 0. The number of carbonyl (C=O) groups excluding carboxylic acids is 8. The molecule has 21 nitrogen and oxygen atoms in total. The highest BCUT2D eigenvalue weighted by Crippen LogP contribution is 2.19. The van der Waals surface area contributed by atoms with E-state index in [4.69, 9.17) is 22.9 Å². The summed E-state index contributed by atoms with van der Waals surface area (Å²) >= 11 is 0. The standard InChI is InChI=1S/C44H65N13O8/c1-3-4-16-33(53-28(2)58)40(62)52-25-38(60)55-35(18-10-11-20-45)43(65)57(26-29-13-6-5-7-14-29)27-39(61)54-34(19-12-21-49-44(47)48)42(64)56-36(41(63)51-24-37(46)59)22-30-23-50-32-17-9-8-15-31(30)32/h5-9,13-15,17,23,33-36,50H,3-4,10-12,16,18-22,24-27,45H2,1-2H3,(H2,46,59)(H,51,63)(H,52,62)(H,53,58)(H,54,61)(H,55,60)(H,56,64)(H4,47,48,49)/t33-,34-,35-,36-/m0/s1. The van der Waals surface area contributed by atoms with Crippen LogP contribution in [0.25, 0.3) is 10.9 Å². The third-order valence-electron chi connectivity index (χ3n) is 10.2. The zero-order valence-electron chi connectivity index (χ0n) is 37.2. The third-order valence-corrected chi connectivity index (χ3v) is 10.2. The molecule has 0 saturated carbocycles. The van der Waals surface area contributed by atoms with E-state index < -0.39 is 91.1 Å². The van der Waals surface area contributed by atoms with Crippen molar-refractivity contribution in [3.63, 3.8) is 0 Å². The highest BCUT2D eigenvalue weighted by Gasteiger charge is 2.31. The van der Waals surface area contributed by atoms with Crippen LogP contribution >= 0.6 is 0 Å². The summed E-state index contributed by atoms with van der Waals surface area (Å²) in [5.41, 5.74) is 24.2. The van der Waals surface area contributed by atoms with Crippen molar-refractivity contribution in [1.29, 1.82) is 0 Å². The molecule has 0 fully saturated rings. The van der Waals surface area contributed by atoms with E-state index in [1.807, 2.05) is 31.2 Å². The van der Waals surface area contributed by atoms with Crippen LogP contribution in [0, 0.1) is 0 Å². The average Bonchev–Trinajstić information content (AvgIpc) is 3.68. The van der Waals surface area contributed by atoms with Crippen LogP contribution in [0.4, 0.5) is 0 Å². The van der Waals surface area contributed by atoms with Gasteiger partial charge in [0.05, 0.1) is 19.6 Å². The molecule has 4 atom stereocenters. The van der Waals surface area contributed by atoms with E-state index in [9.17, 15) is 38.4 Å². The molecule has 0 saturated heterocycles. The van der Waals surface area contributed by atoms with Gasteiger partial charge in [0.2, 0.25) is 47.3 Å². The number of H-pyrrole nitrogens is 1. The van der Waals surface area contributed by atoms with Crippen molar-refractivity contribution >= 4 is 64.1 Å². The lowest BCUT2D eigenvalue weighted by molar-refractivity contribution is -0.141. The minimum atomic E-state index is -1.26. The van der Waals surface area contributed by atoms with Gasteiger partial charge in [-0.25, -0.2) is 0 Å². The minimum Gasteiger partial charge on any atom is -0.370 e. The number of unbranched alkanes of at least 4 members (excludes halogenated alkanes) is 2. The largest absolute Gasteiger partial charge is 0.370 e. The molecule has 0 unspecified atom stereocenters. The van der Waals surface area contributed by atoms with Gasteiger partial charge in [0.15, 0.2) is 5.96 Å². The summed E-state index contributed by atoms with van der Waals surface area (Å²) in [7, 11) is 0. The summed E-state index contributed by atoms with van der Waals surface area (Å²) in [6.45, 7) is 2.08. The maximum absolute atomic E-state index is 14.4. The normalized spacial score (nSPS) is 12.7. The maximum atomic E-state index is 14.4. The minimum absolute atomic E-state index is 0.00403. The second-order valence-corrected chi connectivity index (χ2v) is 15.6. The molecule has 0 bridgehead atoms. The Kier molecular flexibility index (Phi) is 22.5. The lowest BCUT2D eigenvalue weighted by Gasteiger charge is -2.29. The lowest BCUT2D eigenvalue weighted by atomic mass is 10.0. The first-order valence-corrected chi connectivity index (χ1v) is 21.7. The number of hydrogen-bond donors (Lipinski definition) is 11. The number of guanidine groups is 1. The number of hydrogen-bond acceptors (Lipinski definition) is 10. The molecule has 0 aliphatic heterocycles. The van der Waals surface area contributed by atoms with E-state index in [0.717, 1.165) is 17.3 Å². The zero-order valence-corrected chi connectivity index (χ0v) is 37.2. The molecular formula is C44H65N13O8. The first-order chi connectivity index (χ1) is 31.1. The number of fused-ring (bicyclic) bond motifs is 1. The number of nitrogens with one attached hydrogen (secondary N) is 7. The van der Waals surface area contributed by atoms with Crippen molar-refractivity contribution in [3.8, 4) is 0 Å². The number of nitrogens with two attached hydrogens (primary N) is 4. The van der Waals surface area contributed by atoms with Gasteiger partial charge in [-0.05, 0) is 62.3 Å². The molecule has 1 heterocycles. The summed E-state index contributed by atoms with van der Waals surface area (Å²) in [5, 5.41) is 16.5. The van der Waals surface area contributed by atoms with Gasteiger partial charge in [0, 0.05) is 43.5 Å². The predicted molar refractivity (Wildman–Crippen MR) is 245 cm³/mol. The Balaban J connectivity index is 1.88. The number of aromatic amines is 1. The zero-order chi connectivity index (χ0) is 47.7. The van der Waals surface area contributed by atoms with Crippen LogP contribution in [-0.2, 0) is 51.3 Å². The number of nitrogens with zero attached hydrogens (tertiary/aromatic N) is 2. The van der Waals surface area contributed by atoms with E-state index in [1.54, 1.807) is 36.5 Å². The van der Waals surface area contributed by atoms with Gasteiger partial charge in [0.1, 0.15) is 24.2 Å². The topological polar surface area (TPSA) is 344 Å². The number of benzene rings is 2. The van der Waals surface area contributed by atoms with Gasteiger partial charge in [0.25, 0.3) is 0 Å². The van der Waals surface area contributed by atoms with Gasteiger partial charge < -0.3 is 64.7 Å². The first-order valence-electron chi connectivity index (χ1n) is 21.7. The van der Waals surface area contributed by atoms with E-state index >= 15 is 0 Å². The summed E-state index contributed by atoms with van der Waals surface area (Å²) in [5.74, 6) is -5.38. The maximum Gasteiger partial charge on any atom is 0.245 e. The van der Waals surface area contributed by atoms with E-state index in [1.165, 1.54) is 11.8 Å². The molecule has 15 N–H and O–H groups in total. The van der Waals surface area contributed by atoms with Crippen molar-refractivity contribution in [3.05, 3.63) is 71.9 Å². The van der Waals surface area contributed by atoms with E-state index in [0.29, 0.717) is 43.4 Å². The van der Waals surface area contributed by atoms with E-state index in [2.05, 4.69) is 41.9 Å². The Bertz CT molecular complexity index is 2090. The summed E-state index contributed by atoms with van der Waals surface area (Å²) in [6.07, 6.45) is 4.89. The van der Waals surface area contributed by atoms with Crippen LogP contribution in [0.5, 0.6) is 0 Å². The second kappa shape index (κ2) is 27.9. The molecule has 0 spiro atoms. The average molecular weight is 904 g/mol. The molecule has 354 valence electrons. The second-order valence-electron chi connectivity index (χ2n) is 15.6. The highest BCUT2D eigenvalue weighted by atomic mass is 16.2. The number of para-hydroxylation sites is 1. The molecule has 1 aromatic heterocycles. The quantitative estimate of drug-likeness (QED) is 0.0223. The molecule has 65 heavy (non-hydrogen) atoms. The Morgan fingerprint density at radius 2 is 1.32 bits per heavy atom. The predicted octanol–water partition coefficient (Wildman–Crippen LogP) is -1.21. The summed E-state index contributed by atoms with van der Waals surface area (Å²) in [6, 6.07) is 11.7. The van der Waals surface area contributed by atoms with Crippen LogP contribution in [0.3, 0.4) is 0 Å². The fourth-order valence-electron chi connectivity index (χ4n) is 6.93. The molecule has 8 amide bonds. The van der Waals surface area contributed by atoms with Crippen molar-refractivity contribution in [1.82, 2.24) is 41.8 Å². The Morgan fingerprint density at radius 1 is 0.692 bits per heavy atom. The number of aliphatic imine (C=N–C) groups is 1. The Morgan fingerprint density at radius 3 is 2.00 bits per heavy atom. The number of primary amides is 1. The number of amides is 8. The molecule has 0 aliphatic carbocycles. The smallest absolute Gasteiger partial charge is 0.245 e. The fraction of sp³-hybridized carbons (Fsp3) is 0.477. The number of aromatic nitrogens is 1. The first kappa shape index (κ1) is 52.3. The molecule has 0 radical (unpaired) electrons. The highest BCUT2D eigenvalue weighted by molar-refractivity contribution is 5.96. The number of rotatable bonds is 29. The molecular weight excluding hydrogens is 839 g/mol. The lowest BCUT2D eigenvalue weighted by Crippen LogP contribution is -2.57. The van der Waals surface area contributed by atoms with Crippen LogP contribution in [0.15, 0.2) is 65.8 Å². The fourth-order valence-corrected chi connectivity index (χ4v) is 6.93. The van der Waals surface area contributed by atoms with E-state index in [-0.39, 0.29) is 44.7 Å². The van der Waals surface area contributed by atoms with Crippen LogP contribution in [0.1, 0.15) is 76.3 Å². The van der Waals surface area contributed by atoms with Crippen LogP contribution in [0.2, 0.25) is 0 Å². The van der Waals surface area contributed by atoms with Gasteiger partial charge in [-0.3, -0.25) is 43.3 Å². The van der Waals surface area contributed by atoms with Crippen molar-refractivity contribution in [2.75, 3.05) is 32.7 Å². The van der Waals surface area contributed by atoms with Gasteiger partial charge in [-0.15, -0.1) is 0 Å². The molecule has 3 aromatic rings. The molecule has 21 heteroatoms. The Hall–Kier alpha value is -7.03. The molecule has 3 rings (SSSR count). The molecule has 0 aliphatic rings. The van der Waals surface area contributed by atoms with Crippen LogP contribution < -0.4 is 54.8 Å². The van der Waals surface area contributed by atoms with Crippen molar-refractivity contribution in [2.24, 2.45) is 27.9 Å². The van der Waals surface area contributed by atoms with Crippen LogP contribution in [-0.4, -0.2) is 120 Å². The molecule has 2 aromatic carbocycles. The third kappa shape index (κ3) is 19.1. The SMILES string of the molecule is CCCC[C@H](NC(C)=O)C(=O)NCC(=O)N[C@@H](CCCCN)C(=O)N(CC(=O)N[C@@H](CCCN=C(N)N)C(=O)N[C@@H](Cc1c[nH]c2ccccc12)C(=O)NCC(N)=O)Cc1ccccc1. The number of carbonyl (C=O) groups is 8. The van der Waals surface area contributed by atoms with Gasteiger partial charge >= 0.3 is 0 Å². The van der Waals surface area contributed by atoms with Crippen molar-refractivity contribution in [2.45, 2.75) is 102 Å². The van der Waals surface area contributed by atoms with Gasteiger partial charge in [-0.2, -0.15) is 0 Å². The monoisotopic (exact) mass is 904 g/mol. The summed E-state index contributed by atoms with van der Waals surface area (Å²) in [4.78, 5) is 114. The van der Waals surface area contributed by atoms with Gasteiger partial charge in [-0.1, -0.05) is 68.3 Å². The van der Waals surface area contributed by atoms with Crippen molar-refractivity contribution < 1.29 is 38.4 Å². The Labute approximate surface area is 378 Å².